The van der Waals surface area contributed by atoms with Crippen molar-refractivity contribution in [2.75, 3.05) is 20.2 Å². The minimum absolute atomic E-state index is 0.0496. The van der Waals surface area contributed by atoms with Gasteiger partial charge in [0, 0.05) is 25.6 Å². The quantitative estimate of drug-likeness (QED) is 0.219. The van der Waals surface area contributed by atoms with E-state index in [0.717, 1.165) is 11.1 Å². The fourth-order valence-corrected chi connectivity index (χ4v) is 4.05. The number of carbonyl (C=O) groups is 2. The Hall–Kier alpha value is -4.24. The van der Waals surface area contributed by atoms with Crippen molar-refractivity contribution in [2.24, 2.45) is 10.7 Å². The standard InChI is InChI=1S/C28H29ClN4O5/c1-32(17-20-9-3-2-4-10-20)26(34)15-8-16-36-24-14-7-12-23-21(24)18-33(28(30)31-23)19-27(35)38-37-25-13-6-5-11-22(25)29/h2-7,9-14H,8,15-19H2,1H3,(H2,30,31). The Morgan fingerprint density at radius 2 is 1.76 bits per heavy atom. The lowest BCUT2D eigenvalue weighted by Crippen LogP contribution is -2.42. The Bertz CT molecular complexity index is 1300. The molecule has 2 N–H and O–H groups in total. The minimum Gasteiger partial charge on any atom is -0.493 e. The second kappa shape index (κ2) is 12.8. The molecule has 3 aromatic carbocycles. The summed E-state index contributed by atoms with van der Waals surface area (Å²) >= 11 is 6.01. The van der Waals surface area contributed by atoms with Crippen molar-refractivity contribution >= 4 is 35.1 Å². The summed E-state index contributed by atoms with van der Waals surface area (Å²) in [6.45, 7) is 1.03. The third-order valence-electron chi connectivity index (χ3n) is 5.88. The van der Waals surface area contributed by atoms with Crippen LogP contribution in [0.1, 0.15) is 24.0 Å². The summed E-state index contributed by atoms with van der Waals surface area (Å²) in [5.74, 6) is 0.413. The molecular formula is C28H29ClN4O5. The van der Waals surface area contributed by atoms with E-state index in [9.17, 15) is 9.59 Å². The summed E-state index contributed by atoms with van der Waals surface area (Å²) < 4.78 is 6.00. The van der Waals surface area contributed by atoms with Crippen LogP contribution < -0.4 is 15.4 Å². The first kappa shape index (κ1) is 26.8. The van der Waals surface area contributed by atoms with E-state index in [1.165, 1.54) is 0 Å². The maximum absolute atomic E-state index is 12.5. The van der Waals surface area contributed by atoms with Gasteiger partial charge in [0.15, 0.2) is 11.7 Å². The van der Waals surface area contributed by atoms with Crippen LogP contribution in [0.4, 0.5) is 5.69 Å². The fourth-order valence-electron chi connectivity index (χ4n) is 3.88. The second-order valence-corrected chi connectivity index (χ2v) is 9.14. The van der Waals surface area contributed by atoms with E-state index in [-0.39, 0.29) is 24.2 Å². The number of hydrogen-bond acceptors (Lipinski definition) is 8. The first-order valence-electron chi connectivity index (χ1n) is 12.1. The number of fused-ring (bicyclic) bond motifs is 1. The lowest BCUT2D eigenvalue weighted by molar-refractivity contribution is -0.214. The maximum Gasteiger partial charge on any atom is 0.374 e. The minimum atomic E-state index is -0.664. The number of aliphatic imine (C=N–C) groups is 1. The van der Waals surface area contributed by atoms with Crippen LogP contribution in [0.5, 0.6) is 11.5 Å². The molecule has 1 aliphatic heterocycles. The van der Waals surface area contributed by atoms with Gasteiger partial charge in [-0.05, 0) is 36.2 Å². The molecule has 1 heterocycles. The Morgan fingerprint density at radius 3 is 2.55 bits per heavy atom. The number of guanidine groups is 1. The Balaban J connectivity index is 1.28. The molecule has 198 valence electrons. The molecular weight excluding hydrogens is 508 g/mol. The van der Waals surface area contributed by atoms with E-state index < -0.39 is 5.97 Å². The molecule has 0 saturated heterocycles. The molecule has 0 aliphatic carbocycles. The number of nitrogens with zero attached hydrogens (tertiary/aromatic N) is 3. The first-order chi connectivity index (χ1) is 18.4. The molecule has 3 aromatic rings. The first-order valence-corrected chi connectivity index (χ1v) is 12.5. The molecule has 4 rings (SSSR count). The molecule has 0 radical (unpaired) electrons. The van der Waals surface area contributed by atoms with Crippen molar-refractivity contribution in [3.05, 3.63) is 88.9 Å². The molecule has 9 nitrogen and oxygen atoms in total. The highest BCUT2D eigenvalue weighted by atomic mass is 35.5. The number of rotatable bonds is 11. The van der Waals surface area contributed by atoms with Crippen molar-refractivity contribution in [2.45, 2.75) is 25.9 Å². The van der Waals surface area contributed by atoms with Crippen molar-refractivity contribution < 1.29 is 24.1 Å². The smallest absolute Gasteiger partial charge is 0.374 e. The van der Waals surface area contributed by atoms with E-state index in [1.54, 1.807) is 41.1 Å². The van der Waals surface area contributed by atoms with Crippen molar-refractivity contribution in [1.29, 1.82) is 0 Å². The van der Waals surface area contributed by atoms with E-state index in [4.69, 9.17) is 31.8 Å². The third kappa shape index (κ3) is 7.17. The number of para-hydroxylation sites is 1. The van der Waals surface area contributed by atoms with Gasteiger partial charge in [0.1, 0.15) is 12.3 Å². The zero-order chi connectivity index (χ0) is 26.9. The van der Waals surface area contributed by atoms with Gasteiger partial charge in [0.2, 0.25) is 5.91 Å². The van der Waals surface area contributed by atoms with Crippen LogP contribution in [0.25, 0.3) is 0 Å². The van der Waals surface area contributed by atoms with Crippen molar-refractivity contribution in [1.82, 2.24) is 9.80 Å². The van der Waals surface area contributed by atoms with Crippen LogP contribution in [0, 0.1) is 0 Å². The van der Waals surface area contributed by atoms with Gasteiger partial charge < -0.3 is 20.3 Å². The monoisotopic (exact) mass is 536 g/mol. The number of benzene rings is 3. The van der Waals surface area contributed by atoms with Crippen LogP contribution >= 0.6 is 11.6 Å². The molecule has 0 atom stereocenters. The summed E-state index contributed by atoms with van der Waals surface area (Å²) in [6, 6.07) is 22.0. The zero-order valence-electron chi connectivity index (χ0n) is 21.0. The highest BCUT2D eigenvalue weighted by Gasteiger charge is 2.24. The van der Waals surface area contributed by atoms with Gasteiger partial charge in [-0.15, -0.1) is 0 Å². The zero-order valence-corrected chi connectivity index (χ0v) is 21.8. The van der Waals surface area contributed by atoms with Crippen LogP contribution in [0.2, 0.25) is 5.02 Å². The molecule has 1 amide bonds. The van der Waals surface area contributed by atoms with Gasteiger partial charge in [-0.25, -0.2) is 14.7 Å². The van der Waals surface area contributed by atoms with Crippen molar-refractivity contribution in [3.63, 3.8) is 0 Å². The van der Waals surface area contributed by atoms with Gasteiger partial charge in [0.25, 0.3) is 0 Å². The van der Waals surface area contributed by atoms with Crippen LogP contribution in [-0.2, 0) is 27.6 Å². The highest BCUT2D eigenvalue weighted by Crippen LogP contribution is 2.33. The third-order valence-corrected chi connectivity index (χ3v) is 6.19. The molecule has 0 fully saturated rings. The predicted molar refractivity (Wildman–Crippen MR) is 144 cm³/mol. The van der Waals surface area contributed by atoms with Gasteiger partial charge >= 0.3 is 5.97 Å². The van der Waals surface area contributed by atoms with E-state index in [1.807, 2.05) is 48.5 Å². The number of carbonyl (C=O) groups excluding carboxylic acids is 2. The summed E-state index contributed by atoms with van der Waals surface area (Å²) in [5.41, 5.74) is 8.62. The molecule has 0 spiro atoms. The number of nitrogens with two attached hydrogens (primary N) is 1. The van der Waals surface area contributed by atoms with Crippen molar-refractivity contribution in [3.8, 4) is 11.5 Å². The molecule has 0 bridgehead atoms. The average molecular weight is 537 g/mol. The topological polar surface area (TPSA) is 107 Å². The van der Waals surface area contributed by atoms with Gasteiger partial charge in [-0.3, -0.25) is 9.68 Å². The maximum atomic E-state index is 12.5. The largest absolute Gasteiger partial charge is 0.493 e. The van der Waals surface area contributed by atoms with E-state index in [2.05, 4.69) is 4.99 Å². The molecule has 0 unspecified atom stereocenters. The molecule has 10 heteroatoms. The molecule has 0 aromatic heterocycles. The summed E-state index contributed by atoms with van der Waals surface area (Å²) in [4.78, 5) is 42.5. The predicted octanol–water partition coefficient (Wildman–Crippen LogP) is 4.46. The van der Waals surface area contributed by atoms with Gasteiger partial charge in [-0.2, -0.15) is 0 Å². The normalized spacial score (nSPS) is 12.3. The van der Waals surface area contributed by atoms with Crippen LogP contribution in [0.15, 0.2) is 77.8 Å². The summed E-state index contributed by atoms with van der Waals surface area (Å²) in [6.07, 6.45) is 0.926. The lowest BCUT2D eigenvalue weighted by Gasteiger charge is -2.28. The van der Waals surface area contributed by atoms with Crippen LogP contribution in [-0.4, -0.2) is 47.8 Å². The molecule has 0 saturated carbocycles. The highest BCUT2D eigenvalue weighted by molar-refractivity contribution is 6.32. The average Bonchev–Trinajstić information content (AvgIpc) is 2.91. The number of amides is 1. The van der Waals surface area contributed by atoms with Gasteiger partial charge in [0.05, 0.1) is 23.9 Å². The lowest BCUT2D eigenvalue weighted by atomic mass is 10.1. The summed E-state index contributed by atoms with van der Waals surface area (Å²) in [7, 11) is 1.80. The van der Waals surface area contributed by atoms with Gasteiger partial charge in [-0.1, -0.05) is 60.1 Å². The number of ether oxygens (including phenoxy) is 1. The Morgan fingerprint density at radius 1 is 1.03 bits per heavy atom. The number of halogens is 1. The van der Waals surface area contributed by atoms with E-state index in [0.29, 0.717) is 49.0 Å². The summed E-state index contributed by atoms with van der Waals surface area (Å²) in [5, 5.41) is 0.319. The Labute approximate surface area is 226 Å². The SMILES string of the molecule is CN(Cc1ccccc1)C(=O)CCCOc1cccc2c1CN(CC(=O)OOc1ccccc1Cl)C(N)=N2. The Kier molecular flexibility index (Phi) is 9.05. The molecule has 1 aliphatic rings. The second-order valence-electron chi connectivity index (χ2n) is 8.74. The fraction of sp³-hybridized carbons (Fsp3) is 0.250. The van der Waals surface area contributed by atoms with Crippen LogP contribution in [0.3, 0.4) is 0 Å². The molecule has 38 heavy (non-hydrogen) atoms. The van der Waals surface area contributed by atoms with E-state index >= 15 is 0 Å². The number of hydrogen-bond donors (Lipinski definition) is 1.